The average Bonchev–Trinajstić information content (AvgIpc) is 3.20. The number of ether oxygens (including phenoxy) is 1. The summed E-state index contributed by atoms with van der Waals surface area (Å²) < 4.78 is 5.37. The van der Waals surface area contributed by atoms with Gasteiger partial charge in [-0.05, 0) is 36.8 Å². The molecular weight excluding hydrogens is 401 g/mol. The summed E-state index contributed by atoms with van der Waals surface area (Å²) in [7, 11) is 0. The van der Waals surface area contributed by atoms with Gasteiger partial charge in [-0.25, -0.2) is 9.78 Å². The highest BCUT2D eigenvalue weighted by Gasteiger charge is 2.22. The first-order chi connectivity index (χ1) is 13.5. The van der Waals surface area contributed by atoms with Gasteiger partial charge in [-0.15, -0.1) is 0 Å². The van der Waals surface area contributed by atoms with Gasteiger partial charge in [0.05, 0.1) is 5.56 Å². The number of hydrogen-bond acceptors (Lipinski definition) is 4. The number of H-pyrrole nitrogens is 1. The van der Waals surface area contributed by atoms with Crippen LogP contribution < -0.4 is 5.32 Å². The van der Waals surface area contributed by atoms with Crippen molar-refractivity contribution in [3.05, 3.63) is 70.5 Å². The van der Waals surface area contributed by atoms with Gasteiger partial charge in [0.25, 0.3) is 5.91 Å². The van der Waals surface area contributed by atoms with Crippen molar-refractivity contribution in [3.8, 4) is 11.4 Å². The fourth-order valence-corrected chi connectivity index (χ4v) is 3.08. The van der Waals surface area contributed by atoms with Crippen molar-refractivity contribution in [2.24, 2.45) is 0 Å². The van der Waals surface area contributed by atoms with Gasteiger partial charge in [-0.3, -0.25) is 4.79 Å². The lowest BCUT2D eigenvalue weighted by Crippen LogP contribution is -2.32. The maximum absolute atomic E-state index is 12.5. The molecule has 2 N–H and O–H groups in total. The first kappa shape index (κ1) is 19.9. The third kappa shape index (κ3) is 4.91. The largest absolute Gasteiger partial charge is 0.449 e. The van der Waals surface area contributed by atoms with Crippen molar-refractivity contribution in [2.45, 2.75) is 19.4 Å². The minimum absolute atomic E-state index is 0.316. The number of imidazole rings is 1. The fraction of sp³-hybridized carbons (Fsp3) is 0.150. The number of aromatic nitrogens is 2. The van der Waals surface area contributed by atoms with Gasteiger partial charge in [-0.2, -0.15) is 0 Å². The Balaban J connectivity index is 1.66. The molecule has 6 nitrogen and oxygen atoms in total. The fourth-order valence-electron chi connectivity index (χ4n) is 2.56. The van der Waals surface area contributed by atoms with E-state index in [4.69, 9.17) is 27.9 Å². The number of rotatable bonds is 6. The molecule has 3 rings (SSSR count). The minimum atomic E-state index is -0.949. The average molecular weight is 418 g/mol. The molecule has 0 aliphatic carbocycles. The molecule has 0 fully saturated rings. The number of esters is 1. The quantitative estimate of drug-likeness (QED) is 0.555. The topological polar surface area (TPSA) is 84.1 Å². The van der Waals surface area contributed by atoms with Crippen LogP contribution in [-0.2, 0) is 9.53 Å². The highest BCUT2D eigenvalue weighted by atomic mass is 35.5. The number of nitrogens with one attached hydrogen (secondary N) is 2. The molecular formula is C20H17Cl2N3O3. The van der Waals surface area contributed by atoms with Gasteiger partial charge in [-0.1, -0.05) is 42.3 Å². The number of hydrogen-bond donors (Lipinski definition) is 2. The van der Waals surface area contributed by atoms with Gasteiger partial charge in [0.2, 0.25) is 0 Å². The van der Waals surface area contributed by atoms with Crippen LogP contribution in [0, 0.1) is 0 Å². The van der Waals surface area contributed by atoms with Crippen LogP contribution in [0.5, 0.6) is 0 Å². The number of carbonyl (C=O) groups excluding carboxylic acids is 2. The molecule has 144 valence electrons. The van der Waals surface area contributed by atoms with E-state index in [1.165, 1.54) is 0 Å². The van der Waals surface area contributed by atoms with Crippen molar-refractivity contribution in [3.63, 3.8) is 0 Å². The van der Waals surface area contributed by atoms with E-state index in [0.717, 1.165) is 5.56 Å². The Labute approximate surface area is 171 Å². The van der Waals surface area contributed by atoms with Crippen LogP contribution in [0.1, 0.15) is 23.7 Å². The molecule has 0 saturated heterocycles. The summed E-state index contributed by atoms with van der Waals surface area (Å²) in [6, 6.07) is 11.4. The maximum Gasteiger partial charge on any atom is 0.338 e. The van der Waals surface area contributed by atoms with Crippen LogP contribution in [-0.4, -0.2) is 27.9 Å². The van der Waals surface area contributed by atoms with E-state index >= 15 is 0 Å². The molecule has 0 aliphatic heterocycles. The summed E-state index contributed by atoms with van der Waals surface area (Å²) in [6.45, 7) is 1.75. The second-order valence-electron chi connectivity index (χ2n) is 5.96. The summed E-state index contributed by atoms with van der Waals surface area (Å²) in [6.07, 6.45) is 2.73. The lowest BCUT2D eigenvalue weighted by atomic mass is 10.1. The Morgan fingerprint density at radius 2 is 1.82 bits per heavy atom. The predicted octanol–water partition coefficient (Wildman–Crippen LogP) is 4.96. The number of aromatic amines is 1. The second-order valence-corrected chi connectivity index (χ2v) is 6.84. The van der Waals surface area contributed by atoms with Gasteiger partial charge in [0.1, 0.15) is 5.82 Å². The summed E-state index contributed by atoms with van der Waals surface area (Å²) in [5.41, 5.74) is 1.61. The van der Waals surface area contributed by atoms with E-state index in [0.29, 0.717) is 33.5 Å². The van der Waals surface area contributed by atoms with Gasteiger partial charge < -0.3 is 15.0 Å². The number of nitrogens with zero attached hydrogens (tertiary/aromatic N) is 1. The highest BCUT2D eigenvalue weighted by Crippen LogP contribution is 2.23. The molecule has 0 aliphatic rings. The summed E-state index contributed by atoms with van der Waals surface area (Å²) >= 11 is 11.9. The zero-order chi connectivity index (χ0) is 20.1. The lowest BCUT2D eigenvalue weighted by molar-refractivity contribution is -0.124. The molecule has 1 unspecified atom stereocenters. The molecule has 8 heteroatoms. The van der Waals surface area contributed by atoms with E-state index in [1.54, 1.807) is 61.8 Å². The minimum Gasteiger partial charge on any atom is -0.449 e. The number of benzene rings is 2. The van der Waals surface area contributed by atoms with Crippen LogP contribution in [0.2, 0.25) is 10.0 Å². The van der Waals surface area contributed by atoms with E-state index < -0.39 is 18.0 Å². The molecule has 3 aromatic rings. The molecule has 0 bridgehead atoms. The molecule has 0 spiro atoms. The van der Waals surface area contributed by atoms with Crippen LogP contribution in [0.15, 0.2) is 54.9 Å². The third-order valence-corrected chi connectivity index (χ3v) is 4.37. The zero-order valence-electron chi connectivity index (χ0n) is 14.9. The van der Waals surface area contributed by atoms with Crippen molar-refractivity contribution in [1.82, 2.24) is 9.97 Å². The Morgan fingerprint density at radius 3 is 2.39 bits per heavy atom. The van der Waals surface area contributed by atoms with Crippen molar-refractivity contribution in [2.75, 3.05) is 5.32 Å². The van der Waals surface area contributed by atoms with E-state index in [9.17, 15) is 9.59 Å². The van der Waals surface area contributed by atoms with Gasteiger partial charge >= 0.3 is 5.97 Å². The number of anilines is 1. The van der Waals surface area contributed by atoms with Crippen LogP contribution >= 0.6 is 23.2 Å². The number of carbonyl (C=O) groups is 2. The van der Waals surface area contributed by atoms with Crippen LogP contribution in [0.3, 0.4) is 0 Å². The smallest absolute Gasteiger partial charge is 0.338 e. The van der Waals surface area contributed by atoms with E-state index in [2.05, 4.69) is 15.3 Å². The lowest BCUT2D eigenvalue weighted by Gasteiger charge is -2.16. The molecule has 0 radical (unpaired) electrons. The van der Waals surface area contributed by atoms with Gasteiger partial charge in [0.15, 0.2) is 6.10 Å². The van der Waals surface area contributed by atoms with Gasteiger partial charge in [0, 0.05) is 33.7 Å². The zero-order valence-corrected chi connectivity index (χ0v) is 16.4. The number of amides is 1. The first-order valence-corrected chi connectivity index (χ1v) is 9.29. The standard InChI is InChI=1S/C20H17Cl2N3O3/c1-2-17(19(26)25-16-10-14(21)9-15(22)11-16)28-20(27)13-5-3-12(4-6-13)18-23-7-8-24-18/h3-11,17H,2H2,1H3,(H,23,24)(H,25,26). The van der Waals surface area contributed by atoms with Crippen LogP contribution in [0.25, 0.3) is 11.4 Å². The summed E-state index contributed by atoms with van der Waals surface area (Å²) in [5.74, 6) is -0.343. The summed E-state index contributed by atoms with van der Waals surface area (Å²) in [4.78, 5) is 32.0. The van der Waals surface area contributed by atoms with E-state index in [-0.39, 0.29) is 0 Å². The highest BCUT2D eigenvalue weighted by molar-refractivity contribution is 6.35. The van der Waals surface area contributed by atoms with Crippen LogP contribution in [0.4, 0.5) is 5.69 Å². The predicted molar refractivity (Wildman–Crippen MR) is 109 cm³/mol. The van der Waals surface area contributed by atoms with Crippen molar-refractivity contribution >= 4 is 40.8 Å². The molecule has 1 aromatic heterocycles. The van der Waals surface area contributed by atoms with Crippen molar-refractivity contribution < 1.29 is 14.3 Å². The molecule has 2 aromatic carbocycles. The molecule has 1 amide bonds. The Bertz CT molecular complexity index is 953. The SMILES string of the molecule is CCC(OC(=O)c1ccc(-c2ncc[nH]2)cc1)C(=O)Nc1cc(Cl)cc(Cl)c1. The third-order valence-electron chi connectivity index (χ3n) is 3.93. The van der Waals surface area contributed by atoms with E-state index in [1.807, 2.05) is 0 Å². The first-order valence-electron chi connectivity index (χ1n) is 8.54. The second kappa shape index (κ2) is 8.91. The Morgan fingerprint density at radius 1 is 1.14 bits per heavy atom. The number of halogens is 2. The molecule has 28 heavy (non-hydrogen) atoms. The molecule has 1 heterocycles. The molecule has 1 atom stereocenters. The monoisotopic (exact) mass is 417 g/mol. The normalized spacial score (nSPS) is 11.7. The van der Waals surface area contributed by atoms with Crippen molar-refractivity contribution in [1.29, 1.82) is 0 Å². The summed E-state index contributed by atoms with van der Waals surface area (Å²) in [5, 5.41) is 3.45. The Hall–Kier alpha value is -2.83. The maximum atomic E-state index is 12.5. The Kier molecular flexibility index (Phi) is 6.34. The molecule has 0 saturated carbocycles.